The number of Topliss-reactive ketones (excluding diaryl/α,β-unsaturated/α-hetero) is 1. The zero-order valence-electron chi connectivity index (χ0n) is 5.71. The predicted octanol–water partition coefficient (Wildman–Crippen LogP) is 2.50. The van der Waals surface area contributed by atoms with E-state index in [1.165, 1.54) is 11.3 Å². The SMILES string of the molecule is O=C(c1nc(Br)cs1)C1CC1. The number of carbonyl (C=O) groups is 1. The first-order valence-corrected chi connectivity index (χ1v) is 5.10. The van der Waals surface area contributed by atoms with E-state index in [9.17, 15) is 4.79 Å². The molecule has 0 atom stereocenters. The Bertz CT molecular complexity index is 292. The van der Waals surface area contributed by atoms with Gasteiger partial charge in [-0.3, -0.25) is 4.79 Å². The van der Waals surface area contributed by atoms with E-state index >= 15 is 0 Å². The highest BCUT2D eigenvalue weighted by atomic mass is 79.9. The highest BCUT2D eigenvalue weighted by Crippen LogP contribution is 2.33. The molecule has 1 aliphatic carbocycles. The molecule has 1 aromatic heterocycles. The molecule has 2 rings (SSSR count). The second-order valence-electron chi connectivity index (χ2n) is 2.61. The number of nitrogens with zero attached hydrogens (tertiary/aromatic N) is 1. The summed E-state index contributed by atoms with van der Waals surface area (Å²) in [6.07, 6.45) is 2.10. The van der Waals surface area contributed by atoms with Crippen LogP contribution in [0.1, 0.15) is 22.6 Å². The fraction of sp³-hybridized carbons (Fsp3) is 0.429. The molecule has 11 heavy (non-hydrogen) atoms. The maximum Gasteiger partial charge on any atom is 0.194 e. The van der Waals surface area contributed by atoms with Crippen molar-refractivity contribution in [1.82, 2.24) is 4.98 Å². The minimum atomic E-state index is 0.223. The predicted molar refractivity (Wildman–Crippen MR) is 46.9 cm³/mol. The highest BCUT2D eigenvalue weighted by molar-refractivity contribution is 9.10. The lowest BCUT2D eigenvalue weighted by atomic mass is 10.3. The van der Waals surface area contributed by atoms with E-state index in [0.29, 0.717) is 5.01 Å². The average molecular weight is 232 g/mol. The van der Waals surface area contributed by atoms with E-state index in [1.807, 2.05) is 5.38 Å². The largest absolute Gasteiger partial charge is 0.291 e. The number of carbonyl (C=O) groups excluding carboxylic acids is 1. The van der Waals surface area contributed by atoms with Crippen LogP contribution in [-0.2, 0) is 0 Å². The van der Waals surface area contributed by atoms with Gasteiger partial charge in [-0.25, -0.2) is 4.98 Å². The number of hydrogen-bond acceptors (Lipinski definition) is 3. The summed E-state index contributed by atoms with van der Waals surface area (Å²) >= 11 is 4.64. The molecule has 1 aliphatic rings. The van der Waals surface area contributed by atoms with Crippen molar-refractivity contribution in [3.63, 3.8) is 0 Å². The van der Waals surface area contributed by atoms with Gasteiger partial charge in [0.2, 0.25) is 0 Å². The number of rotatable bonds is 2. The molecule has 1 aromatic rings. The number of thiazole rings is 1. The summed E-state index contributed by atoms with van der Waals surface area (Å²) in [5, 5.41) is 2.50. The number of ketones is 1. The van der Waals surface area contributed by atoms with Crippen molar-refractivity contribution in [2.24, 2.45) is 5.92 Å². The van der Waals surface area contributed by atoms with Crippen molar-refractivity contribution in [3.05, 3.63) is 15.0 Å². The Labute approximate surface area is 76.8 Å². The van der Waals surface area contributed by atoms with E-state index in [0.717, 1.165) is 17.4 Å². The van der Waals surface area contributed by atoms with Gasteiger partial charge in [0.15, 0.2) is 10.8 Å². The van der Waals surface area contributed by atoms with Crippen molar-refractivity contribution in [3.8, 4) is 0 Å². The maximum absolute atomic E-state index is 11.3. The van der Waals surface area contributed by atoms with Crippen LogP contribution in [0.25, 0.3) is 0 Å². The first-order valence-electron chi connectivity index (χ1n) is 3.42. The normalized spacial score (nSPS) is 16.8. The summed E-state index contributed by atoms with van der Waals surface area (Å²) in [5.74, 6) is 0.508. The van der Waals surface area contributed by atoms with Crippen LogP contribution in [0.2, 0.25) is 0 Å². The van der Waals surface area contributed by atoms with Gasteiger partial charge < -0.3 is 0 Å². The summed E-state index contributed by atoms with van der Waals surface area (Å²) in [6, 6.07) is 0. The third-order valence-corrected chi connectivity index (χ3v) is 3.20. The van der Waals surface area contributed by atoms with Crippen LogP contribution in [0.3, 0.4) is 0 Å². The summed E-state index contributed by atoms with van der Waals surface area (Å²) in [5.41, 5.74) is 0. The zero-order valence-corrected chi connectivity index (χ0v) is 8.11. The van der Waals surface area contributed by atoms with Gasteiger partial charge in [-0.15, -0.1) is 11.3 Å². The van der Waals surface area contributed by atoms with Crippen LogP contribution in [0.5, 0.6) is 0 Å². The van der Waals surface area contributed by atoms with Crippen LogP contribution in [-0.4, -0.2) is 10.8 Å². The molecule has 0 saturated heterocycles. The fourth-order valence-corrected chi connectivity index (χ4v) is 2.16. The Balaban J connectivity index is 2.21. The monoisotopic (exact) mass is 231 g/mol. The van der Waals surface area contributed by atoms with Crippen molar-refractivity contribution >= 4 is 33.0 Å². The van der Waals surface area contributed by atoms with E-state index in [-0.39, 0.29) is 11.7 Å². The molecular weight excluding hydrogens is 226 g/mol. The van der Waals surface area contributed by atoms with Crippen molar-refractivity contribution < 1.29 is 4.79 Å². The molecule has 1 heterocycles. The molecule has 0 aliphatic heterocycles. The van der Waals surface area contributed by atoms with Crippen LogP contribution in [0.15, 0.2) is 9.98 Å². The Morgan fingerprint density at radius 1 is 1.73 bits per heavy atom. The summed E-state index contributed by atoms with van der Waals surface area (Å²) < 4.78 is 0.770. The molecular formula is C7H6BrNOS. The second-order valence-corrected chi connectivity index (χ2v) is 4.28. The minimum Gasteiger partial charge on any atom is -0.291 e. The standard InChI is InChI=1S/C7H6BrNOS/c8-5-3-11-7(9-5)6(10)4-1-2-4/h3-4H,1-2H2. The second kappa shape index (κ2) is 2.68. The topological polar surface area (TPSA) is 30.0 Å². The van der Waals surface area contributed by atoms with Gasteiger partial charge in [-0.2, -0.15) is 0 Å². The molecule has 0 amide bonds. The van der Waals surface area contributed by atoms with Gasteiger partial charge in [0, 0.05) is 11.3 Å². The van der Waals surface area contributed by atoms with E-state index in [1.54, 1.807) is 0 Å². The van der Waals surface area contributed by atoms with Gasteiger partial charge >= 0.3 is 0 Å². The van der Waals surface area contributed by atoms with Crippen LogP contribution < -0.4 is 0 Å². The average Bonchev–Trinajstić information content (AvgIpc) is 2.74. The lowest BCUT2D eigenvalue weighted by Crippen LogP contribution is -1.99. The molecule has 58 valence electrons. The summed E-state index contributed by atoms with van der Waals surface area (Å²) in [6.45, 7) is 0. The van der Waals surface area contributed by atoms with Crippen LogP contribution in [0.4, 0.5) is 0 Å². The summed E-state index contributed by atoms with van der Waals surface area (Å²) in [4.78, 5) is 15.4. The molecule has 0 spiro atoms. The molecule has 0 aromatic carbocycles. The van der Waals surface area contributed by atoms with Crippen LogP contribution >= 0.6 is 27.3 Å². The van der Waals surface area contributed by atoms with Crippen molar-refractivity contribution in [2.45, 2.75) is 12.8 Å². The molecule has 1 fully saturated rings. The van der Waals surface area contributed by atoms with Gasteiger partial charge in [0.25, 0.3) is 0 Å². The maximum atomic E-state index is 11.3. The molecule has 0 unspecified atom stereocenters. The van der Waals surface area contributed by atoms with Gasteiger partial charge in [0.05, 0.1) is 0 Å². The van der Waals surface area contributed by atoms with E-state index in [2.05, 4.69) is 20.9 Å². The molecule has 0 radical (unpaired) electrons. The van der Waals surface area contributed by atoms with E-state index < -0.39 is 0 Å². The molecule has 0 N–H and O–H groups in total. The van der Waals surface area contributed by atoms with Gasteiger partial charge in [-0.05, 0) is 28.8 Å². The molecule has 0 bridgehead atoms. The van der Waals surface area contributed by atoms with Crippen molar-refractivity contribution in [1.29, 1.82) is 0 Å². The van der Waals surface area contributed by atoms with Gasteiger partial charge in [0.1, 0.15) is 4.60 Å². The number of halogens is 1. The Morgan fingerprint density at radius 2 is 2.45 bits per heavy atom. The molecule has 4 heteroatoms. The minimum absolute atomic E-state index is 0.223. The first-order chi connectivity index (χ1) is 5.27. The lowest BCUT2D eigenvalue weighted by molar-refractivity contribution is 0.0967. The third kappa shape index (κ3) is 1.51. The van der Waals surface area contributed by atoms with Crippen molar-refractivity contribution in [2.75, 3.05) is 0 Å². The molecule has 2 nitrogen and oxygen atoms in total. The van der Waals surface area contributed by atoms with Crippen LogP contribution in [0, 0.1) is 5.92 Å². The molecule has 1 saturated carbocycles. The zero-order chi connectivity index (χ0) is 7.84. The highest BCUT2D eigenvalue weighted by Gasteiger charge is 2.31. The quantitative estimate of drug-likeness (QED) is 0.733. The van der Waals surface area contributed by atoms with E-state index in [4.69, 9.17) is 0 Å². The number of aromatic nitrogens is 1. The Hall–Kier alpha value is -0.220. The fourth-order valence-electron chi connectivity index (χ4n) is 0.887. The first kappa shape index (κ1) is 7.43. The lowest BCUT2D eigenvalue weighted by Gasteiger charge is -1.87. The third-order valence-electron chi connectivity index (χ3n) is 1.64. The number of hydrogen-bond donors (Lipinski definition) is 0. The van der Waals surface area contributed by atoms with Gasteiger partial charge in [-0.1, -0.05) is 0 Å². The Morgan fingerprint density at radius 3 is 2.91 bits per heavy atom. The Kier molecular flexibility index (Phi) is 1.81. The smallest absolute Gasteiger partial charge is 0.194 e. The summed E-state index contributed by atoms with van der Waals surface area (Å²) in [7, 11) is 0.